The van der Waals surface area contributed by atoms with Crippen molar-refractivity contribution in [3.63, 3.8) is 0 Å². The molecule has 0 aliphatic rings. The van der Waals surface area contributed by atoms with Crippen molar-refractivity contribution in [3.05, 3.63) is 54.6 Å². The van der Waals surface area contributed by atoms with Gasteiger partial charge in [-0.2, -0.15) is 0 Å². The highest BCUT2D eigenvalue weighted by molar-refractivity contribution is 5.76. The number of ether oxygens (including phenoxy) is 1. The van der Waals surface area contributed by atoms with Crippen LogP contribution in [0.2, 0.25) is 0 Å². The fourth-order valence-corrected chi connectivity index (χ4v) is 1.83. The summed E-state index contributed by atoms with van der Waals surface area (Å²) < 4.78 is 5.25. The van der Waals surface area contributed by atoms with Crippen LogP contribution in [0, 0.1) is 5.92 Å². The molecular weight excluding hydrogens is 252 g/mol. The Morgan fingerprint density at radius 1 is 0.900 bits per heavy atom. The quantitative estimate of drug-likeness (QED) is 0.641. The monoisotopic (exact) mass is 270 g/mol. The van der Waals surface area contributed by atoms with Crippen molar-refractivity contribution in [1.82, 2.24) is 0 Å². The Kier molecular flexibility index (Phi) is 4.87. The first-order valence-corrected chi connectivity index (χ1v) is 6.52. The van der Waals surface area contributed by atoms with E-state index < -0.39 is 5.92 Å². The molecule has 4 nitrogen and oxygen atoms in total. The molecule has 0 unspecified atom stereocenters. The van der Waals surface area contributed by atoms with Gasteiger partial charge in [-0.25, -0.2) is 0 Å². The van der Waals surface area contributed by atoms with Gasteiger partial charge in [-0.3, -0.25) is 4.79 Å². The molecule has 0 heterocycles. The molecule has 0 aromatic heterocycles. The Bertz CT molecular complexity index is 548. The van der Waals surface area contributed by atoms with Gasteiger partial charge in [0.05, 0.1) is 5.92 Å². The lowest BCUT2D eigenvalue weighted by molar-refractivity contribution is -0.138. The zero-order valence-corrected chi connectivity index (χ0v) is 11.2. The average Bonchev–Trinajstić information content (AvgIpc) is 2.50. The zero-order chi connectivity index (χ0) is 14.4. The molecule has 4 heteroatoms. The SMILES string of the molecule is NCC(CN)C(=O)Oc1ccc(-c2ccccc2)cc1. The van der Waals surface area contributed by atoms with Gasteiger partial charge in [-0.1, -0.05) is 42.5 Å². The number of rotatable bonds is 5. The van der Waals surface area contributed by atoms with Crippen molar-refractivity contribution in [2.75, 3.05) is 13.1 Å². The van der Waals surface area contributed by atoms with Gasteiger partial charge in [-0.05, 0) is 23.3 Å². The van der Waals surface area contributed by atoms with Gasteiger partial charge in [0.2, 0.25) is 0 Å². The lowest BCUT2D eigenvalue weighted by Crippen LogP contribution is -2.33. The van der Waals surface area contributed by atoms with E-state index in [1.165, 1.54) is 0 Å². The summed E-state index contributed by atoms with van der Waals surface area (Å²) in [5.74, 6) is -0.340. The molecule has 2 aromatic carbocycles. The Morgan fingerprint density at radius 3 is 2.00 bits per heavy atom. The summed E-state index contributed by atoms with van der Waals surface area (Å²) in [6.45, 7) is 0.384. The molecule has 2 aromatic rings. The van der Waals surface area contributed by atoms with Gasteiger partial charge in [0, 0.05) is 13.1 Å². The molecule has 0 radical (unpaired) electrons. The van der Waals surface area contributed by atoms with E-state index in [1.807, 2.05) is 42.5 Å². The summed E-state index contributed by atoms with van der Waals surface area (Å²) >= 11 is 0. The molecule has 0 saturated carbocycles. The lowest BCUT2D eigenvalue weighted by Gasteiger charge is -2.11. The minimum Gasteiger partial charge on any atom is -0.426 e. The first-order valence-electron chi connectivity index (χ1n) is 6.52. The van der Waals surface area contributed by atoms with Gasteiger partial charge in [0.1, 0.15) is 5.75 Å². The fourth-order valence-electron chi connectivity index (χ4n) is 1.83. The number of nitrogens with two attached hydrogens (primary N) is 2. The van der Waals surface area contributed by atoms with Gasteiger partial charge < -0.3 is 16.2 Å². The smallest absolute Gasteiger partial charge is 0.316 e. The van der Waals surface area contributed by atoms with Crippen LogP contribution in [0.15, 0.2) is 54.6 Å². The predicted octanol–water partition coefficient (Wildman–Crippen LogP) is 1.79. The van der Waals surface area contributed by atoms with Crippen molar-refractivity contribution in [2.24, 2.45) is 17.4 Å². The third kappa shape index (κ3) is 3.44. The summed E-state index contributed by atoms with van der Waals surface area (Å²) in [4.78, 5) is 11.7. The van der Waals surface area contributed by atoms with Gasteiger partial charge in [-0.15, -0.1) is 0 Å². The molecule has 0 amide bonds. The molecule has 0 fully saturated rings. The maximum atomic E-state index is 11.7. The van der Waals surface area contributed by atoms with Crippen molar-refractivity contribution >= 4 is 5.97 Å². The van der Waals surface area contributed by atoms with E-state index in [0.717, 1.165) is 11.1 Å². The van der Waals surface area contributed by atoms with E-state index in [2.05, 4.69) is 0 Å². The van der Waals surface area contributed by atoms with Crippen molar-refractivity contribution < 1.29 is 9.53 Å². The number of hydrogen-bond donors (Lipinski definition) is 2. The second kappa shape index (κ2) is 6.84. The van der Waals surface area contributed by atoms with E-state index in [1.54, 1.807) is 12.1 Å². The van der Waals surface area contributed by atoms with Crippen LogP contribution in [0.5, 0.6) is 5.75 Å². The number of carbonyl (C=O) groups excluding carboxylic acids is 1. The molecule has 0 aliphatic heterocycles. The molecular formula is C16H18N2O2. The molecule has 0 atom stereocenters. The summed E-state index contributed by atoms with van der Waals surface area (Å²) in [6.07, 6.45) is 0. The minimum atomic E-state index is -0.455. The second-order valence-corrected chi connectivity index (χ2v) is 4.48. The van der Waals surface area contributed by atoms with E-state index in [-0.39, 0.29) is 19.1 Å². The van der Waals surface area contributed by atoms with Crippen molar-refractivity contribution in [3.8, 4) is 16.9 Å². The van der Waals surface area contributed by atoms with Gasteiger partial charge in [0.25, 0.3) is 0 Å². The zero-order valence-electron chi connectivity index (χ0n) is 11.2. The number of benzene rings is 2. The highest BCUT2D eigenvalue weighted by Gasteiger charge is 2.17. The van der Waals surface area contributed by atoms with Gasteiger partial charge >= 0.3 is 5.97 Å². The molecule has 0 spiro atoms. The molecule has 104 valence electrons. The van der Waals surface area contributed by atoms with Crippen LogP contribution in [0.4, 0.5) is 0 Å². The van der Waals surface area contributed by atoms with Crippen LogP contribution >= 0.6 is 0 Å². The first kappa shape index (κ1) is 14.2. The van der Waals surface area contributed by atoms with Crippen LogP contribution in [-0.2, 0) is 4.79 Å². The first-order chi connectivity index (χ1) is 9.74. The second-order valence-electron chi connectivity index (χ2n) is 4.48. The topological polar surface area (TPSA) is 78.3 Å². The Labute approximate surface area is 118 Å². The van der Waals surface area contributed by atoms with E-state index in [9.17, 15) is 4.79 Å². The number of hydrogen-bond acceptors (Lipinski definition) is 4. The largest absolute Gasteiger partial charge is 0.426 e. The lowest BCUT2D eigenvalue weighted by atomic mass is 10.1. The number of esters is 1. The van der Waals surface area contributed by atoms with Gasteiger partial charge in [0.15, 0.2) is 0 Å². The highest BCUT2D eigenvalue weighted by Crippen LogP contribution is 2.22. The van der Waals surface area contributed by atoms with E-state index in [4.69, 9.17) is 16.2 Å². The summed E-state index contributed by atoms with van der Waals surface area (Å²) in [5, 5.41) is 0. The standard InChI is InChI=1S/C16H18N2O2/c17-10-14(11-18)16(19)20-15-8-6-13(7-9-15)12-4-2-1-3-5-12/h1-9,14H,10-11,17-18H2. The highest BCUT2D eigenvalue weighted by atomic mass is 16.5. The van der Waals surface area contributed by atoms with E-state index in [0.29, 0.717) is 5.75 Å². The molecule has 0 saturated heterocycles. The van der Waals surface area contributed by atoms with Crippen molar-refractivity contribution in [2.45, 2.75) is 0 Å². The third-order valence-electron chi connectivity index (χ3n) is 3.08. The normalized spacial score (nSPS) is 10.6. The van der Waals surface area contributed by atoms with Crippen LogP contribution in [0.25, 0.3) is 11.1 Å². The average molecular weight is 270 g/mol. The van der Waals surface area contributed by atoms with Crippen molar-refractivity contribution in [1.29, 1.82) is 0 Å². The Hall–Kier alpha value is -2.17. The van der Waals surface area contributed by atoms with E-state index >= 15 is 0 Å². The maximum Gasteiger partial charge on any atom is 0.316 e. The predicted molar refractivity (Wildman–Crippen MR) is 79.1 cm³/mol. The fraction of sp³-hybridized carbons (Fsp3) is 0.188. The Morgan fingerprint density at radius 2 is 1.45 bits per heavy atom. The Balaban J connectivity index is 2.07. The van der Waals surface area contributed by atoms with Crippen LogP contribution in [0.1, 0.15) is 0 Å². The summed E-state index contributed by atoms with van der Waals surface area (Å²) in [5.41, 5.74) is 13.1. The molecule has 0 aliphatic carbocycles. The molecule has 2 rings (SSSR count). The molecule has 0 bridgehead atoms. The molecule has 4 N–H and O–H groups in total. The van der Waals surface area contributed by atoms with Crippen LogP contribution in [-0.4, -0.2) is 19.1 Å². The molecule has 20 heavy (non-hydrogen) atoms. The minimum absolute atomic E-state index is 0.192. The van der Waals surface area contributed by atoms with Crippen LogP contribution in [0.3, 0.4) is 0 Å². The maximum absolute atomic E-state index is 11.7. The van der Waals surface area contributed by atoms with Crippen LogP contribution < -0.4 is 16.2 Å². The summed E-state index contributed by atoms with van der Waals surface area (Å²) in [6, 6.07) is 17.4. The third-order valence-corrected chi connectivity index (χ3v) is 3.08. The summed E-state index contributed by atoms with van der Waals surface area (Å²) in [7, 11) is 0. The number of carbonyl (C=O) groups is 1.